The second-order valence-electron chi connectivity index (χ2n) is 17.7. The first-order chi connectivity index (χ1) is 31.5. The first kappa shape index (κ1) is 36.5. The van der Waals surface area contributed by atoms with E-state index in [-0.39, 0.29) is 5.41 Å². The third kappa shape index (κ3) is 5.41. The van der Waals surface area contributed by atoms with Crippen molar-refractivity contribution in [2.75, 3.05) is 4.90 Å². The molecule has 0 atom stereocenters. The van der Waals surface area contributed by atoms with Gasteiger partial charge in [-0.2, -0.15) is 0 Å². The van der Waals surface area contributed by atoms with Crippen molar-refractivity contribution in [1.29, 1.82) is 0 Å². The molecule has 0 unspecified atom stereocenters. The summed E-state index contributed by atoms with van der Waals surface area (Å²) in [5.41, 5.74) is 18.2. The minimum Gasteiger partial charge on any atom is -0.456 e. The molecule has 0 radical (unpaired) electrons. The number of aromatic nitrogens is 1. The fourth-order valence-electron chi connectivity index (χ4n) is 10.8. The summed E-state index contributed by atoms with van der Waals surface area (Å²) in [6, 6.07) is 79.6. The zero-order valence-corrected chi connectivity index (χ0v) is 35.6. The molecule has 0 aliphatic heterocycles. The summed E-state index contributed by atoms with van der Waals surface area (Å²) in [5.74, 6) is 0. The second kappa shape index (κ2) is 13.9. The van der Waals surface area contributed by atoms with Crippen LogP contribution in [0.3, 0.4) is 0 Å². The zero-order valence-electron chi connectivity index (χ0n) is 35.6. The van der Waals surface area contributed by atoms with E-state index in [2.05, 4.69) is 242 Å². The number of para-hydroxylation sites is 3. The second-order valence-corrected chi connectivity index (χ2v) is 17.7. The van der Waals surface area contributed by atoms with Crippen LogP contribution in [0.25, 0.3) is 93.6 Å². The average Bonchev–Trinajstić information content (AvgIpc) is 3.97. The summed E-state index contributed by atoms with van der Waals surface area (Å²) in [4.78, 5) is 2.44. The van der Waals surface area contributed by atoms with Gasteiger partial charge in [-0.25, -0.2) is 0 Å². The average molecular weight is 819 g/mol. The molecular weight excluding hydrogens is 777 g/mol. The monoisotopic (exact) mass is 818 g/mol. The molecule has 0 N–H and O–H groups in total. The van der Waals surface area contributed by atoms with Crippen molar-refractivity contribution in [2.24, 2.45) is 0 Å². The maximum atomic E-state index is 6.87. The lowest BCUT2D eigenvalue weighted by Crippen LogP contribution is -2.14. The molecule has 302 valence electrons. The largest absolute Gasteiger partial charge is 0.456 e. The smallest absolute Gasteiger partial charge is 0.138 e. The van der Waals surface area contributed by atoms with Crippen LogP contribution in [0.4, 0.5) is 17.1 Å². The zero-order chi connectivity index (χ0) is 42.5. The van der Waals surface area contributed by atoms with E-state index in [1.807, 2.05) is 0 Å². The Morgan fingerprint density at radius 1 is 0.438 bits per heavy atom. The highest BCUT2D eigenvalue weighted by Crippen LogP contribution is 2.53. The third-order valence-electron chi connectivity index (χ3n) is 13.7. The van der Waals surface area contributed by atoms with Gasteiger partial charge >= 0.3 is 0 Å². The normalized spacial score (nSPS) is 13.0. The molecule has 64 heavy (non-hydrogen) atoms. The van der Waals surface area contributed by atoms with Gasteiger partial charge < -0.3 is 13.9 Å². The Labute approximate surface area is 371 Å². The van der Waals surface area contributed by atoms with Crippen molar-refractivity contribution in [3.05, 3.63) is 230 Å². The lowest BCUT2D eigenvalue weighted by molar-refractivity contribution is 0.660. The van der Waals surface area contributed by atoms with Crippen molar-refractivity contribution in [3.63, 3.8) is 0 Å². The van der Waals surface area contributed by atoms with Gasteiger partial charge in [-0.3, -0.25) is 0 Å². The molecule has 1 aliphatic rings. The summed E-state index contributed by atoms with van der Waals surface area (Å²) in [6.45, 7) is 4.73. The third-order valence-corrected chi connectivity index (χ3v) is 13.7. The molecule has 3 nitrogen and oxygen atoms in total. The SMILES string of the molecule is CC1(C)c2ccccc2-c2ccc(-c3c4c(cc5c3c3cccc(N(c6ccc(-c7ccccc7)cc6)c6ccc7ccccc7c6)c3n5-c3ccccc3)oc3ccccc34)cc21. The number of anilines is 3. The molecule has 0 saturated carbocycles. The van der Waals surface area contributed by atoms with Gasteiger partial charge in [0.15, 0.2) is 0 Å². The van der Waals surface area contributed by atoms with Crippen LogP contribution in [0, 0.1) is 0 Å². The van der Waals surface area contributed by atoms with E-state index in [0.29, 0.717) is 0 Å². The summed E-state index contributed by atoms with van der Waals surface area (Å²) in [7, 11) is 0. The van der Waals surface area contributed by atoms with Gasteiger partial charge in [-0.1, -0.05) is 172 Å². The molecule has 10 aromatic carbocycles. The minimum atomic E-state index is -0.158. The van der Waals surface area contributed by atoms with Crippen LogP contribution in [-0.4, -0.2) is 4.57 Å². The standard InChI is InChI=1S/C61H42N2O/c1-61(2)51-25-13-11-22-47(51)48-35-31-43(37-52(48)61)57-58-50-24-15-26-53(60(50)63(44-20-7-4-8-21-44)54(58)38-56-59(57)49-23-12-14-27-55(49)64-56)62(46-34-30-40-18-9-10-19-42(40)36-46)45-32-28-41(29-33-45)39-16-5-3-6-17-39/h3-38H,1-2H3. The molecule has 0 amide bonds. The molecular formula is C61H42N2O. The predicted octanol–water partition coefficient (Wildman–Crippen LogP) is 16.9. The van der Waals surface area contributed by atoms with E-state index < -0.39 is 0 Å². The maximum Gasteiger partial charge on any atom is 0.138 e. The number of hydrogen-bond acceptors (Lipinski definition) is 2. The van der Waals surface area contributed by atoms with Gasteiger partial charge in [0.25, 0.3) is 0 Å². The van der Waals surface area contributed by atoms with Crippen LogP contribution in [0.1, 0.15) is 25.0 Å². The van der Waals surface area contributed by atoms with Crippen LogP contribution in [0.5, 0.6) is 0 Å². The number of nitrogens with zero attached hydrogens (tertiary/aromatic N) is 2. The number of rotatable bonds is 6. The highest BCUT2D eigenvalue weighted by atomic mass is 16.3. The Hall–Kier alpha value is -8.14. The molecule has 13 rings (SSSR count). The van der Waals surface area contributed by atoms with Crippen LogP contribution in [0.15, 0.2) is 223 Å². The van der Waals surface area contributed by atoms with Crippen molar-refractivity contribution in [2.45, 2.75) is 19.3 Å². The lowest BCUT2D eigenvalue weighted by atomic mass is 9.81. The molecule has 1 aliphatic carbocycles. The van der Waals surface area contributed by atoms with Crippen LogP contribution < -0.4 is 4.90 Å². The Morgan fingerprint density at radius 3 is 1.94 bits per heavy atom. The first-order valence-electron chi connectivity index (χ1n) is 22.2. The van der Waals surface area contributed by atoms with Gasteiger partial charge in [0.2, 0.25) is 0 Å². The summed E-state index contributed by atoms with van der Waals surface area (Å²) < 4.78 is 9.34. The Bertz CT molecular complexity index is 3800. The van der Waals surface area contributed by atoms with E-state index in [0.717, 1.165) is 55.7 Å². The summed E-state index contributed by atoms with van der Waals surface area (Å²) in [5, 5.41) is 7.03. The highest BCUT2D eigenvalue weighted by Gasteiger charge is 2.36. The molecule has 0 fully saturated rings. The van der Waals surface area contributed by atoms with E-state index in [1.54, 1.807) is 0 Å². The topological polar surface area (TPSA) is 21.3 Å². The molecule has 2 aromatic heterocycles. The predicted molar refractivity (Wildman–Crippen MR) is 269 cm³/mol. The van der Waals surface area contributed by atoms with Gasteiger partial charge in [0.1, 0.15) is 11.2 Å². The Morgan fingerprint density at radius 2 is 1.09 bits per heavy atom. The number of hydrogen-bond donors (Lipinski definition) is 0. The quantitative estimate of drug-likeness (QED) is 0.167. The number of furan rings is 1. The molecule has 2 heterocycles. The summed E-state index contributed by atoms with van der Waals surface area (Å²) >= 11 is 0. The Balaban J connectivity index is 1.15. The molecule has 3 heteroatoms. The first-order valence-corrected chi connectivity index (χ1v) is 22.2. The van der Waals surface area contributed by atoms with Gasteiger partial charge in [-0.15, -0.1) is 0 Å². The lowest BCUT2D eigenvalue weighted by Gasteiger charge is -2.27. The van der Waals surface area contributed by atoms with Crippen LogP contribution in [-0.2, 0) is 5.41 Å². The van der Waals surface area contributed by atoms with Crippen molar-refractivity contribution < 1.29 is 4.42 Å². The molecule has 0 saturated heterocycles. The van der Waals surface area contributed by atoms with Crippen molar-refractivity contribution in [3.8, 4) is 39.1 Å². The maximum absolute atomic E-state index is 6.87. The van der Waals surface area contributed by atoms with Crippen LogP contribution >= 0.6 is 0 Å². The van der Waals surface area contributed by atoms with E-state index in [4.69, 9.17) is 4.42 Å². The van der Waals surface area contributed by atoms with Crippen molar-refractivity contribution >= 4 is 71.6 Å². The van der Waals surface area contributed by atoms with Gasteiger partial charge in [0, 0.05) is 55.7 Å². The fourth-order valence-corrected chi connectivity index (χ4v) is 10.8. The highest BCUT2D eigenvalue weighted by molar-refractivity contribution is 6.28. The fraction of sp³-hybridized carbons (Fsp3) is 0.0492. The van der Waals surface area contributed by atoms with Crippen molar-refractivity contribution in [1.82, 2.24) is 4.57 Å². The number of fused-ring (bicyclic) bond motifs is 10. The summed E-state index contributed by atoms with van der Waals surface area (Å²) in [6.07, 6.45) is 0. The molecule has 12 aromatic rings. The van der Waals surface area contributed by atoms with Gasteiger partial charge in [-0.05, 0) is 104 Å². The molecule has 0 spiro atoms. The minimum absolute atomic E-state index is 0.158. The molecule has 0 bridgehead atoms. The number of benzene rings is 10. The van der Waals surface area contributed by atoms with E-state index in [9.17, 15) is 0 Å². The van der Waals surface area contributed by atoms with E-state index in [1.165, 1.54) is 66.1 Å². The van der Waals surface area contributed by atoms with E-state index >= 15 is 0 Å². The Kier molecular flexibility index (Phi) is 7.95. The van der Waals surface area contributed by atoms with Gasteiger partial charge in [0.05, 0.1) is 16.7 Å². The van der Waals surface area contributed by atoms with Crippen LogP contribution in [0.2, 0.25) is 0 Å².